The molecule has 138 valence electrons. The van der Waals surface area contributed by atoms with E-state index in [1.807, 2.05) is 0 Å². The third-order valence-corrected chi connectivity index (χ3v) is 6.22. The molecule has 1 saturated heterocycles. The second kappa shape index (κ2) is 7.60. The standard InChI is InChI=1S/C20H24N2O3S/c1-15-6-8-19(9-7-15)22-11-10-17(14-22)13-21-26(24,25)20-5-3-4-18(12-20)16(2)23/h3-9,12,17,21H,10-11,13-14H2,1-2H3. The third kappa shape index (κ3) is 4.31. The molecule has 0 spiro atoms. The molecule has 1 unspecified atom stereocenters. The molecule has 26 heavy (non-hydrogen) atoms. The van der Waals surface area contributed by atoms with Crippen LogP contribution in [0, 0.1) is 12.8 Å². The molecule has 1 fully saturated rings. The summed E-state index contributed by atoms with van der Waals surface area (Å²) < 4.78 is 27.7. The molecule has 1 heterocycles. The number of carbonyl (C=O) groups excluding carboxylic acids is 1. The Morgan fingerprint density at radius 2 is 1.92 bits per heavy atom. The summed E-state index contributed by atoms with van der Waals surface area (Å²) in [6.45, 7) is 5.65. The van der Waals surface area contributed by atoms with Crippen LogP contribution in [0.4, 0.5) is 5.69 Å². The van der Waals surface area contributed by atoms with Crippen LogP contribution in [0.15, 0.2) is 53.4 Å². The number of anilines is 1. The van der Waals surface area contributed by atoms with Gasteiger partial charge in [-0.1, -0.05) is 29.8 Å². The Labute approximate surface area is 155 Å². The van der Waals surface area contributed by atoms with Crippen molar-refractivity contribution < 1.29 is 13.2 Å². The molecule has 0 amide bonds. The summed E-state index contributed by atoms with van der Waals surface area (Å²) in [5.41, 5.74) is 2.81. The Bertz CT molecular complexity index is 892. The predicted octanol–water partition coefficient (Wildman–Crippen LogP) is 3.00. The van der Waals surface area contributed by atoms with Gasteiger partial charge < -0.3 is 4.90 Å². The fourth-order valence-electron chi connectivity index (χ4n) is 3.18. The Morgan fingerprint density at radius 1 is 1.19 bits per heavy atom. The van der Waals surface area contributed by atoms with E-state index in [9.17, 15) is 13.2 Å². The smallest absolute Gasteiger partial charge is 0.240 e. The minimum atomic E-state index is -3.61. The first kappa shape index (κ1) is 18.6. The Morgan fingerprint density at radius 3 is 2.62 bits per heavy atom. The van der Waals surface area contributed by atoms with Crippen molar-refractivity contribution in [2.75, 3.05) is 24.5 Å². The number of sulfonamides is 1. The van der Waals surface area contributed by atoms with Gasteiger partial charge in [0.1, 0.15) is 0 Å². The van der Waals surface area contributed by atoms with Gasteiger partial charge in [0, 0.05) is 30.9 Å². The zero-order valence-electron chi connectivity index (χ0n) is 15.1. The van der Waals surface area contributed by atoms with Gasteiger partial charge in [0.05, 0.1) is 4.90 Å². The van der Waals surface area contributed by atoms with E-state index in [0.717, 1.165) is 19.5 Å². The molecule has 0 aromatic heterocycles. The summed E-state index contributed by atoms with van der Waals surface area (Å²) in [4.78, 5) is 13.9. The van der Waals surface area contributed by atoms with Crippen LogP contribution in [-0.4, -0.2) is 33.8 Å². The zero-order valence-corrected chi connectivity index (χ0v) is 15.9. The number of aryl methyl sites for hydroxylation is 1. The fourth-order valence-corrected chi connectivity index (χ4v) is 4.34. The molecular weight excluding hydrogens is 348 g/mol. The van der Waals surface area contributed by atoms with Crippen LogP contribution in [0.25, 0.3) is 0 Å². The summed E-state index contributed by atoms with van der Waals surface area (Å²) in [7, 11) is -3.61. The lowest BCUT2D eigenvalue weighted by Gasteiger charge is -2.19. The van der Waals surface area contributed by atoms with E-state index in [1.54, 1.807) is 12.1 Å². The second-order valence-corrected chi connectivity index (χ2v) is 8.64. The van der Waals surface area contributed by atoms with Crippen molar-refractivity contribution in [1.82, 2.24) is 4.72 Å². The van der Waals surface area contributed by atoms with Crippen LogP contribution in [-0.2, 0) is 10.0 Å². The van der Waals surface area contributed by atoms with Crippen LogP contribution >= 0.6 is 0 Å². The quantitative estimate of drug-likeness (QED) is 0.792. The molecule has 3 rings (SSSR count). The zero-order chi connectivity index (χ0) is 18.7. The average Bonchev–Trinajstić information content (AvgIpc) is 3.10. The maximum atomic E-state index is 12.5. The maximum Gasteiger partial charge on any atom is 0.240 e. The van der Waals surface area contributed by atoms with Crippen LogP contribution in [0.2, 0.25) is 0 Å². The third-order valence-electron chi connectivity index (χ3n) is 4.80. The lowest BCUT2D eigenvalue weighted by Crippen LogP contribution is -2.31. The van der Waals surface area contributed by atoms with E-state index < -0.39 is 10.0 Å². The SMILES string of the molecule is CC(=O)c1cccc(S(=O)(=O)NCC2CCN(c3ccc(C)cc3)C2)c1. The molecule has 2 aromatic carbocycles. The van der Waals surface area contributed by atoms with Crippen molar-refractivity contribution in [3.8, 4) is 0 Å². The Balaban J connectivity index is 1.61. The number of Topliss-reactive ketones (excluding diaryl/α,β-unsaturated/α-hetero) is 1. The number of hydrogen-bond acceptors (Lipinski definition) is 4. The lowest BCUT2D eigenvalue weighted by molar-refractivity contribution is 0.101. The number of ketones is 1. The van der Waals surface area contributed by atoms with Gasteiger partial charge in [-0.15, -0.1) is 0 Å². The van der Waals surface area contributed by atoms with E-state index in [-0.39, 0.29) is 16.6 Å². The largest absolute Gasteiger partial charge is 0.371 e. The van der Waals surface area contributed by atoms with Crippen molar-refractivity contribution in [1.29, 1.82) is 0 Å². The van der Waals surface area contributed by atoms with Gasteiger partial charge in [-0.2, -0.15) is 0 Å². The van der Waals surface area contributed by atoms with Gasteiger partial charge in [0.15, 0.2) is 5.78 Å². The normalized spacial score (nSPS) is 17.5. The topological polar surface area (TPSA) is 66.5 Å². The number of rotatable bonds is 6. The van der Waals surface area contributed by atoms with Crippen LogP contribution in [0.3, 0.4) is 0 Å². The summed E-state index contributed by atoms with van der Waals surface area (Å²) in [6.07, 6.45) is 0.948. The van der Waals surface area contributed by atoms with Crippen molar-refractivity contribution in [2.24, 2.45) is 5.92 Å². The Hall–Kier alpha value is -2.18. The van der Waals surface area contributed by atoms with Gasteiger partial charge in [0.2, 0.25) is 10.0 Å². The average molecular weight is 372 g/mol. The molecule has 1 aliphatic rings. The highest BCUT2D eigenvalue weighted by Gasteiger charge is 2.25. The first-order chi connectivity index (χ1) is 12.3. The number of nitrogens with zero attached hydrogens (tertiary/aromatic N) is 1. The molecule has 6 heteroatoms. The molecule has 5 nitrogen and oxygen atoms in total. The summed E-state index contributed by atoms with van der Waals surface area (Å²) in [5, 5.41) is 0. The van der Waals surface area contributed by atoms with Gasteiger partial charge >= 0.3 is 0 Å². The molecule has 1 aliphatic heterocycles. The van der Waals surface area contributed by atoms with Crippen molar-refractivity contribution in [2.45, 2.75) is 25.2 Å². The van der Waals surface area contributed by atoms with Crippen molar-refractivity contribution in [3.05, 3.63) is 59.7 Å². The Kier molecular flexibility index (Phi) is 5.44. The summed E-state index contributed by atoms with van der Waals surface area (Å²) in [5.74, 6) is 0.119. The first-order valence-electron chi connectivity index (χ1n) is 8.77. The van der Waals surface area contributed by atoms with Crippen LogP contribution in [0.1, 0.15) is 29.3 Å². The van der Waals surface area contributed by atoms with Crippen LogP contribution in [0.5, 0.6) is 0 Å². The minimum absolute atomic E-state index is 0.138. The molecular formula is C20H24N2O3S. The van der Waals surface area contributed by atoms with Gasteiger partial charge in [-0.3, -0.25) is 4.79 Å². The second-order valence-electron chi connectivity index (χ2n) is 6.87. The fraction of sp³-hybridized carbons (Fsp3) is 0.350. The van der Waals surface area contributed by atoms with Gasteiger partial charge in [0.25, 0.3) is 0 Å². The van der Waals surface area contributed by atoms with Crippen molar-refractivity contribution in [3.63, 3.8) is 0 Å². The van der Waals surface area contributed by atoms with Crippen molar-refractivity contribution >= 4 is 21.5 Å². The van der Waals surface area contributed by atoms with Crippen LogP contribution < -0.4 is 9.62 Å². The van der Waals surface area contributed by atoms with E-state index in [2.05, 4.69) is 40.8 Å². The first-order valence-corrected chi connectivity index (χ1v) is 10.3. The molecule has 0 saturated carbocycles. The summed E-state index contributed by atoms with van der Waals surface area (Å²) >= 11 is 0. The number of nitrogens with one attached hydrogen (secondary N) is 1. The molecule has 0 radical (unpaired) electrons. The monoisotopic (exact) mass is 372 g/mol. The minimum Gasteiger partial charge on any atom is -0.371 e. The molecule has 1 N–H and O–H groups in total. The molecule has 1 atom stereocenters. The van der Waals surface area contributed by atoms with E-state index >= 15 is 0 Å². The number of hydrogen-bond donors (Lipinski definition) is 1. The number of benzene rings is 2. The van der Waals surface area contributed by atoms with E-state index in [0.29, 0.717) is 12.1 Å². The summed E-state index contributed by atoms with van der Waals surface area (Å²) in [6, 6.07) is 14.6. The van der Waals surface area contributed by atoms with Gasteiger partial charge in [-0.25, -0.2) is 13.1 Å². The molecule has 2 aromatic rings. The highest BCUT2D eigenvalue weighted by molar-refractivity contribution is 7.89. The predicted molar refractivity (Wildman–Crippen MR) is 103 cm³/mol. The van der Waals surface area contributed by atoms with Gasteiger partial charge in [-0.05, 0) is 50.5 Å². The van der Waals surface area contributed by atoms with E-state index in [4.69, 9.17) is 0 Å². The van der Waals surface area contributed by atoms with E-state index in [1.165, 1.54) is 30.3 Å². The molecule has 0 bridgehead atoms. The highest BCUT2D eigenvalue weighted by atomic mass is 32.2. The lowest BCUT2D eigenvalue weighted by atomic mass is 10.1. The maximum absolute atomic E-state index is 12.5. The highest BCUT2D eigenvalue weighted by Crippen LogP contribution is 2.24. The molecule has 0 aliphatic carbocycles. The number of carbonyl (C=O) groups is 1.